The third-order valence-corrected chi connectivity index (χ3v) is 2.86. The maximum absolute atomic E-state index is 11.0. The van der Waals surface area contributed by atoms with Crippen molar-refractivity contribution in [1.82, 2.24) is 4.90 Å². The van der Waals surface area contributed by atoms with E-state index in [2.05, 4.69) is 15.7 Å². The number of ether oxygens (including phenoxy) is 2. The van der Waals surface area contributed by atoms with Gasteiger partial charge in [-0.15, -0.1) is 0 Å². The molecule has 0 bridgehead atoms. The number of benzene rings is 1. The zero-order chi connectivity index (χ0) is 14.1. The van der Waals surface area contributed by atoms with Gasteiger partial charge in [-0.1, -0.05) is 18.2 Å². The van der Waals surface area contributed by atoms with Crippen molar-refractivity contribution < 1.29 is 14.3 Å². The number of hydrogen-bond acceptors (Lipinski definition) is 4. The Labute approximate surface area is 115 Å². The number of esters is 1. The molecule has 0 fully saturated rings. The maximum Gasteiger partial charge on any atom is 0.305 e. The Hall–Kier alpha value is -1.55. The predicted molar refractivity (Wildman–Crippen MR) is 75.2 cm³/mol. The minimum atomic E-state index is -0.150. The molecule has 0 unspecified atom stereocenters. The summed E-state index contributed by atoms with van der Waals surface area (Å²) in [7, 11) is 3.46. The lowest BCUT2D eigenvalue weighted by atomic mass is 10.2. The molecule has 0 atom stereocenters. The molecule has 0 spiro atoms. The topological polar surface area (TPSA) is 38.8 Å². The highest BCUT2D eigenvalue weighted by molar-refractivity contribution is 5.69. The van der Waals surface area contributed by atoms with Crippen LogP contribution >= 0.6 is 0 Å². The molecular weight excluding hydrogens is 242 g/mol. The smallest absolute Gasteiger partial charge is 0.305 e. The minimum Gasteiger partial charge on any atom is -0.494 e. The highest BCUT2D eigenvalue weighted by Crippen LogP contribution is 2.19. The summed E-state index contributed by atoms with van der Waals surface area (Å²) in [6.07, 6.45) is 1.27. The van der Waals surface area contributed by atoms with E-state index in [0.29, 0.717) is 13.0 Å². The van der Waals surface area contributed by atoms with Crippen LogP contribution in [0.3, 0.4) is 0 Å². The molecule has 0 saturated heterocycles. The first kappa shape index (κ1) is 15.5. The molecule has 1 aromatic carbocycles. The lowest BCUT2D eigenvalue weighted by molar-refractivity contribution is -0.140. The second kappa shape index (κ2) is 8.53. The lowest BCUT2D eigenvalue weighted by Crippen LogP contribution is -2.20. The zero-order valence-corrected chi connectivity index (χ0v) is 12.0. The molecule has 0 aliphatic heterocycles. The monoisotopic (exact) mass is 265 g/mol. The summed E-state index contributed by atoms with van der Waals surface area (Å²) in [5.74, 6) is 0.785. The van der Waals surface area contributed by atoms with Gasteiger partial charge in [-0.05, 0) is 33.0 Å². The highest BCUT2D eigenvalue weighted by Gasteiger charge is 2.07. The van der Waals surface area contributed by atoms with Crippen LogP contribution in [-0.4, -0.2) is 38.2 Å². The van der Waals surface area contributed by atoms with Crippen molar-refractivity contribution in [2.45, 2.75) is 26.3 Å². The van der Waals surface area contributed by atoms with Gasteiger partial charge in [-0.3, -0.25) is 4.79 Å². The first-order chi connectivity index (χ1) is 9.17. The Bertz CT molecular complexity index is 393. The second-order valence-electron chi connectivity index (χ2n) is 4.46. The maximum atomic E-state index is 11.0. The summed E-state index contributed by atoms with van der Waals surface area (Å²) < 4.78 is 10.2. The van der Waals surface area contributed by atoms with Gasteiger partial charge in [0.05, 0.1) is 13.7 Å². The Balaban J connectivity index is 2.43. The van der Waals surface area contributed by atoms with Crippen molar-refractivity contribution in [2.75, 3.05) is 27.3 Å². The van der Waals surface area contributed by atoms with Gasteiger partial charge in [0, 0.05) is 18.5 Å². The van der Waals surface area contributed by atoms with Gasteiger partial charge in [0.25, 0.3) is 0 Å². The number of nitrogens with zero attached hydrogens (tertiary/aromatic N) is 1. The quantitative estimate of drug-likeness (QED) is 0.677. The summed E-state index contributed by atoms with van der Waals surface area (Å²) in [5, 5.41) is 0. The minimum absolute atomic E-state index is 0.150. The van der Waals surface area contributed by atoms with Gasteiger partial charge in [-0.2, -0.15) is 0 Å². The Kier molecular flexibility index (Phi) is 6.97. The number of methoxy groups -OCH3 is 1. The van der Waals surface area contributed by atoms with Crippen molar-refractivity contribution in [3.8, 4) is 5.75 Å². The molecule has 1 aromatic rings. The van der Waals surface area contributed by atoms with Crippen LogP contribution in [0.5, 0.6) is 5.75 Å². The zero-order valence-electron chi connectivity index (χ0n) is 12.0. The molecule has 0 heterocycles. The van der Waals surface area contributed by atoms with E-state index >= 15 is 0 Å². The van der Waals surface area contributed by atoms with E-state index in [1.807, 2.05) is 32.2 Å². The van der Waals surface area contributed by atoms with Crippen molar-refractivity contribution in [1.29, 1.82) is 0 Å². The average molecular weight is 265 g/mol. The number of carbonyl (C=O) groups excluding carboxylic acids is 1. The van der Waals surface area contributed by atoms with Crippen LogP contribution in [0.15, 0.2) is 24.3 Å². The summed E-state index contributed by atoms with van der Waals surface area (Å²) in [6.45, 7) is 4.33. The predicted octanol–water partition coefficient (Wildman–Crippen LogP) is 2.47. The normalized spacial score (nSPS) is 10.5. The van der Waals surface area contributed by atoms with Crippen molar-refractivity contribution in [3.05, 3.63) is 29.8 Å². The van der Waals surface area contributed by atoms with Crippen LogP contribution in [0.2, 0.25) is 0 Å². The first-order valence-electron chi connectivity index (χ1n) is 6.63. The van der Waals surface area contributed by atoms with Crippen LogP contribution in [0.1, 0.15) is 25.3 Å². The van der Waals surface area contributed by atoms with E-state index in [9.17, 15) is 4.79 Å². The van der Waals surface area contributed by atoms with E-state index in [0.717, 1.165) is 25.3 Å². The Morgan fingerprint density at radius 2 is 2.05 bits per heavy atom. The Morgan fingerprint density at radius 1 is 1.32 bits per heavy atom. The standard InChI is InChI=1S/C15H23NO3/c1-4-19-14-9-6-5-8-13(14)12-16(2)11-7-10-15(17)18-3/h5-6,8-9H,4,7,10-12H2,1-3H3. The van der Waals surface area contributed by atoms with Gasteiger partial charge in [0.2, 0.25) is 0 Å². The number of hydrogen-bond donors (Lipinski definition) is 0. The van der Waals surface area contributed by atoms with Gasteiger partial charge < -0.3 is 14.4 Å². The molecule has 0 saturated carbocycles. The molecule has 1 rings (SSSR count). The van der Waals surface area contributed by atoms with Gasteiger partial charge >= 0.3 is 5.97 Å². The molecule has 106 valence electrons. The van der Waals surface area contributed by atoms with E-state index in [4.69, 9.17) is 4.74 Å². The molecule has 19 heavy (non-hydrogen) atoms. The number of carbonyl (C=O) groups is 1. The average Bonchev–Trinajstić information content (AvgIpc) is 2.41. The molecule has 0 radical (unpaired) electrons. The van der Waals surface area contributed by atoms with Crippen LogP contribution in [-0.2, 0) is 16.1 Å². The van der Waals surface area contributed by atoms with Gasteiger partial charge in [0.1, 0.15) is 5.75 Å². The van der Waals surface area contributed by atoms with Crippen molar-refractivity contribution >= 4 is 5.97 Å². The fourth-order valence-electron chi connectivity index (χ4n) is 1.90. The number of para-hydroxylation sites is 1. The lowest BCUT2D eigenvalue weighted by Gasteiger charge is -2.18. The van der Waals surface area contributed by atoms with E-state index in [-0.39, 0.29) is 5.97 Å². The van der Waals surface area contributed by atoms with E-state index in [1.54, 1.807) is 0 Å². The largest absolute Gasteiger partial charge is 0.494 e. The molecule has 0 N–H and O–H groups in total. The molecule has 4 heteroatoms. The van der Waals surface area contributed by atoms with Crippen LogP contribution in [0.4, 0.5) is 0 Å². The summed E-state index contributed by atoms with van der Waals surface area (Å²) in [6, 6.07) is 8.05. The molecule has 0 aromatic heterocycles. The van der Waals surface area contributed by atoms with Crippen LogP contribution in [0.25, 0.3) is 0 Å². The second-order valence-corrected chi connectivity index (χ2v) is 4.46. The summed E-state index contributed by atoms with van der Waals surface area (Å²) in [4.78, 5) is 13.2. The molecule has 0 amide bonds. The van der Waals surface area contributed by atoms with E-state index < -0.39 is 0 Å². The molecular formula is C15H23NO3. The first-order valence-corrected chi connectivity index (χ1v) is 6.63. The van der Waals surface area contributed by atoms with Gasteiger partial charge in [0.15, 0.2) is 0 Å². The molecule has 0 aliphatic carbocycles. The Morgan fingerprint density at radius 3 is 2.74 bits per heavy atom. The third kappa shape index (κ3) is 5.75. The van der Waals surface area contributed by atoms with Crippen molar-refractivity contribution in [2.24, 2.45) is 0 Å². The van der Waals surface area contributed by atoms with Gasteiger partial charge in [-0.25, -0.2) is 0 Å². The number of rotatable bonds is 8. The van der Waals surface area contributed by atoms with Crippen LogP contribution < -0.4 is 4.74 Å². The van der Waals surface area contributed by atoms with E-state index in [1.165, 1.54) is 12.7 Å². The van der Waals surface area contributed by atoms with Crippen molar-refractivity contribution in [3.63, 3.8) is 0 Å². The molecule has 0 aliphatic rings. The highest BCUT2D eigenvalue weighted by atomic mass is 16.5. The molecule has 4 nitrogen and oxygen atoms in total. The SMILES string of the molecule is CCOc1ccccc1CN(C)CCCC(=O)OC. The summed E-state index contributed by atoms with van der Waals surface area (Å²) in [5.41, 5.74) is 1.17. The fourth-order valence-corrected chi connectivity index (χ4v) is 1.90. The summed E-state index contributed by atoms with van der Waals surface area (Å²) >= 11 is 0. The van der Waals surface area contributed by atoms with Crippen LogP contribution in [0, 0.1) is 0 Å². The fraction of sp³-hybridized carbons (Fsp3) is 0.533. The third-order valence-electron chi connectivity index (χ3n) is 2.86.